The molecule has 1 aromatic rings. The fourth-order valence-corrected chi connectivity index (χ4v) is 1.65. The van der Waals surface area contributed by atoms with E-state index in [2.05, 4.69) is 24.4 Å². The highest BCUT2D eigenvalue weighted by atomic mass is 32.1. The molecular formula is C10H20N2OS. The molecule has 0 radical (unpaired) electrons. The lowest BCUT2D eigenvalue weighted by molar-refractivity contribution is 0.130. The topological polar surface area (TPSA) is 47.3 Å². The van der Waals surface area contributed by atoms with Crippen LogP contribution in [0.2, 0.25) is 0 Å². The van der Waals surface area contributed by atoms with Gasteiger partial charge >= 0.3 is 0 Å². The fraction of sp³-hybridized carbons (Fsp3) is 0.600. The third-order valence-corrected chi connectivity index (χ3v) is 2.28. The summed E-state index contributed by atoms with van der Waals surface area (Å²) in [6, 6.07) is 4.20. The van der Waals surface area contributed by atoms with E-state index in [0.717, 1.165) is 0 Å². The Balaban J connectivity index is 0.000000500. The maximum absolute atomic E-state index is 5.28. The van der Waals surface area contributed by atoms with E-state index in [4.69, 9.17) is 10.5 Å². The first-order chi connectivity index (χ1) is 6.74. The lowest BCUT2D eigenvalue weighted by Gasteiger charge is -1.97. The zero-order valence-electron chi connectivity index (χ0n) is 9.17. The summed E-state index contributed by atoms with van der Waals surface area (Å²) in [6.45, 7) is 4.05. The normalized spacial score (nSPS) is 9.43. The molecule has 0 aliphatic heterocycles. The van der Waals surface area contributed by atoms with Gasteiger partial charge in [-0.15, -0.1) is 11.3 Å². The maximum atomic E-state index is 5.28. The molecule has 1 rings (SSSR count). The second-order valence-corrected chi connectivity index (χ2v) is 4.23. The second-order valence-electron chi connectivity index (χ2n) is 2.85. The van der Waals surface area contributed by atoms with E-state index in [1.165, 1.54) is 9.75 Å². The van der Waals surface area contributed by atoms with E-state index in [-0.39, 0.29) is 0 Å². The van der Waals surface area contributed by atoms with Crippen LogP contribution in [-0.4, -0.2) is 27.2 Å². The Bertz CT molecular complexity index is 226. The molecule has 0 saturated heterocycles. The van der Waals surface area contributed by atoms with Gasteiger partial charge in [0.2, 0.25) is 0 Å². The minimum absolute atomic E-state index is 0.602. The van der Waals surface area contributed by atoms with Crippen LogP contribution in [0.4, 0.5) is 0 Å². The van der Waals surface area contributed by atoms with Crippen LogP contribution in [0.15, 0.2) is 12.1 Å². The van der Waals surface area contributed by atoms with Gasteiger partial charge in [0.15, 0.2) is 0 Å². The highest BCUT2D eigenvalue weighted by Gasteiger charge is 1.94. The van der Waals surface area contributed by atoms with Crippen molar-refractivity contribution < 1.29 is 4.74 Å². The van der Waals surface area contributed by atoms with E-state index < -0.39 is 0 Å². The lowest BCUT2D eigenvalue weighted by atomic mass is 10.4. The zero-order valence-corrected chi connectivity index (χ0v) is 9.99. The van der Waals surface area contributed by atoms with E-state index in [1.54, 1.807) is 11.3 Å². The average molecular weight is 216 g/mol. The van der Waals surface area contributed by atoms with E-state index in [0.29, 0.717) is 19.8 Å². The molecule has 3 N–H and O–H groups in total. The minimum atomic E-state index is 0.602. The summed E-state index contributed by atoms with van der Waals surface area (Å²) in [7, 11) is 3.75. The SMILES string of the molecule is CNC.Cc1ccc(COCCN)s1. The summed E-state index contributed by atoms with van der Waals surface area (Å²) >= 11 is 1.77. The van der Waals surface area contributed by atoms with Crippen LogP contribution in [0.5, 0.6) is 0 Å². The first kappa shape index (κ1) is 13.6. The molecule has 1 aromatic heterocycles. The largest absolute Gasteiger partial charge is 0.375 e. The fourth-order valence-electron chi connectivity index (χ4n) is 0.819. The molecule has 0 bridgehead atoms. The highest BCUT2D eigenvalue weighted by molar-refractivity contribution is 7.11. The molecule has 0 fully saturated rings. The number of aryl methyl sites for hydroxylation is 1. The molecular weight excluding hydrogens is 196 g/mol. The number of hydrogen-bond acceptors (Lipinski definition) is 4. The van der Waals surface area contributed by atoms with Crippen LogP contribution in [0.1, 0.15) is 9.75 Å². The molecule has 0 aliphatic rings. The number of nitrogens with one attached hydrogen (secondary N) is 1. The van der Waals surface area contributed by atoms with Crippen molar-refractivity contribution in [3.8, 4) is 0 Å². The Morgan fingerprint density at radius 1 is 1.43 bits per heavy atom. The molecule has 3 nitrogen and oxygen atoms in total. The van der Waals surface area contributed by atoms with Gasteiger partial charge in [-0.05, 0) is 33.2 Å². The molecule has 0 aliphatic carbocycles. The third-order valence-electron chi connectivity index (χ3n) is 1.30. The van der Waals surface area contributed by atoms with Crippen LogP contribution in [0.3, 0.4) is 0 Å². The molecule has 0 saturated carbocycles. The summed E-state index contributed by atoms with van der Waals surface area (Å²) in [6.07, 6.45) is 0. The van der Waals surface area contributed by atoms with Crippen LogP contribution in [0, 0.1) is 6.92 Å². The molecule has 0 atom stereocenters. The van der Waals surface area contributed by atoms with Gasteiger partial charge in [-0.3, -0.25) is 0 Å². The first-order valence-electron chi connectivity index (χ1n) is 4.66. The second kappa shape index (κ2) is 9.15. The summed E-state index contributed by atoms with van der Waals surface area (Å²) < 4.78 is 5.27. The number of nitrogens with two attached hydrogens (primary N) is 1. The lowest BCUT2D eigenvalue weighted by Crippen LogP contribution is -2.07. The number of rotatable bonds is 4. The molecule has 14 heavy (non-hydrogen) atoms. The van der Waals surface area contributed by atoms with Crippen molar-refractivity contribution in [1.82, 2.24) is 5.32 Å². The molecule has 0 amide bonds. The Morgan fingerprint density at radius 3 is 2.50 bits per heavy atom. The van der Waals surface area contributed by atoms with Crippen molar-refractivity contribution in [3.05, 3.63) is 21.9 Å². The molecule has 1 heterocycles. The number of thiophene rings is 1. The number of hydrogen-bond donors (Lipinski definition) is 2. The van der Waals surface area contributed by atoms with E-state index >= 15 is 0 Å². The van der Waals surface area contributed by atoms with Crippen molar-refractivity contribution in [2.24, 2.45) is 5.73 Å². The predicted octanol–water partition coefficient (Wildman–Crippen LogP) is 1.37. The van der Waals surface area contributed by atoms with Crippen LogP contribution in [-0.2, 0) is 11.3 Å². The highest BCUT2D eigenvalue weighted by Crippen LogP contribution is 2.15. The summed E-state index contributed by atoms with van der Waals surface area (Å²) in [5.41, 5.74) is 5.28. The van der Waals surface area contributed by atoms with Crippen molar-refractivity contribution in [2.75, 3.05) is 27.2 Å². The molecule has 0 aromatic carbocycles. The molecule has 0 spiro atoms. The van der Waals surface area contributed by atoms with Gasteiger partial charge in [-0.1, -0.05) is 0 Å². The van der Waals surface area contributed by atoms with Crippen LogP contribution >= 0.6 is 11.3 Å². The van der Waals surface area contributed by atoms with Gasteiger partial charge in [0.1, 0.15) is 0 Å². The van der Waals surface area contributed by atoms with Crippen molar-refractivity contribution >= 4 is 11.3 Å². The Kier molecular flexibility index (Phi) is 8.87. The van der Waals surface area contributed by atoms with Gasteiger partial charge in [0.25, 0.3) is 0 Å². The summed E-state index contributed by atoms with van der Waals surface area (Å²) in [5.74, 6) is 0. The molecule has 82 valence electrons. The number of ether oxygens (including phenoxy) is 1. The average Bonchev–Trinajstić information content (AvgIpc) is 2.53. The van der Waals surface area contributed by atoms with Gasteiger partial charge in [-0.25, -0.2) is 0 Å². The zero-order chi connectivity index (χ0) is 10.8. The third kappa shape index (κ3) is 7.03. The van der Waals surface area contributed by atoms with Gasteiger partial charge in [0, 0.05) is 16.3 Å². The molecule has 0 unspecified atom stereocenters. The molecule has 4 heteroatoms. The first-order valence-corrected chi connectivity index (χ1v) is 5.47. The van der Waals surface area contributed by atoms with Gasteiger partial charge in [-0.2, -0.15) is 0 Å². The standard InChI is InChI=1S/C8H13NOS.C2H7N/c1-7-2-3-8(11-7)6-10-5-4-9;1-3-2/h2-3H,4-6,9H2,1H3;3H,1-2H3. The predicted molar refractivity (Wildman–Crippen MR) is 62.8 cm³/mol. The van der Waals surface area contributed by atoms with Crippen LogP contribution < -0.4 is 11.1 Å². The summed E-state index contributed by atoms with van der Waals surface area (Å²) in [4.78, 5) is 2.60. The monoisotopic (exact) mass is 216 g/mol. The summed E-state index contributed by atoms with van der Waals surface area (Å²) in [5, 5.41) is 2.75. The van der Waals surface area contributed by atoms with E-state index in [9.17, 15) is 0 Å². The van der Waals surface area contributed by atoms with Crippen molar-refractivity contribution in [1.29, 1.82) is 0 Å². The smallest absolute Gasteiger partial charge is 0.0810 e. The Hall–Kier alpha value is -0.420. The van der Waals surface area contributed by atoms with Crippen LogP contribution in [0.25, 0.3) is 0 Å². The van der Waals surface area contributed by atoms with Gasteiger partial charge < -0.3 is 15.8 Å². The maximum Gasteiger partial charge on any atom is 0.0810 e. The quantitative estimate of drug-likeness (QED) is 0.747. The Labute approximate surface area is 90.3 Å². The van der Waals surface area contributed by atoms with Crippen molar-refractivity contribution in [2.45, 2.75) is 13.5 Å². The van der Waals surface area contributed by atoms with Gasteiger partial charge in [0.05, 0.1) is 13.2 Å². The Morgan fingerprint density at radius 2 is 2.07 bits per heavy atom. The van der Waals surface area contributed by atoms with E-state index in [1.807, 2.05) is 14.1 Å². The van der Waals surface area contributed by atoms with Crippen molar-refractivity contribution in [3.63, 3.8) is 0 Å². The minimum Gasteiger partial charge on any atom is -0.375 e.